The smallest absolute Gasteiger partial charge is 0.241 e. The molecule has 0 N–H and O–H groups in total. The SMILES string of the molecule is CC(=O)N(C)N1CCCC1=O. The Hall–Kier alpha value is -1.06. The summed E-state index contributed by atoms with van der Waals surface area (Å²) in [7, 11) is 1.62. The third-order valence-electron chi connectivity index (χ3n) is 1.87. The summed E-state index contributed by atoms with van der Waals surface area (Å²) in [5.41, 5.74) is 0. The van der Waals surface area contributed by atoms with Crippen molar-refractivity contribution in [2.24, 2.45) is 0 Å². The van der Waals surface area contributed by atoms with Gasteiger partial charge in [-0.05, 0) is 6.42 Å². The Balaban J connectivity index is 2.59. The number of hydrazine groups is 1. The fourth-order valence-electron chi connectivity index (χ4n) is 1.12. The molecule has 0 aromatic heterocycles. The molecule has 0 atom stereocenters. The van der Waals surface area contributed by atoms with Gasteiger partial charge in [-0.3, -0.25) is 19.6 Å². The minimum Gasteiger partial charge on any atom is -0.273 e. The molecular formula is C7H12N2O2. The summed E-state index contributed by atoms with van der Waals surface area (Å²) in [5, 5.41) is 2.86. The Bertz CT molecular complexity index is 191. The van der Waals surface area contributed by atoms with Crippen LogP contribution in [0.1, 0.15) is 19.8 Å². The highest BCUT2D eigenvalue weighted by atomic mass is 16.2. The van der Waals surface area contributed by atoms with E-state index >= 15 is 0 Å². The van der Waals surface area contributed by atoms with Gasteiger partial charge >= 0.3 is 0 Å². The zero-order chi connectivity index (χ0) is 8.43. The maximum absolute atomic E-state index is 11.1. The normalized spacial score (nSPS) is 17.3. The van der Waals surface area contributed by atoms with E-state index in [2.05, 4.69) is 0 Å². The summed E-state index contributed by atoms with van der Waals surface area (Å²) in [6, 6.07) is 0. The first-order chi connectivity index (χ1) is 5.13. The van der Waals surface area contributed by atoms with Crippen LogP contribution in [-0.2, 0) is 9.59 Å². The molecule has 11 heavy (non-hydrogen) atoms. The van der Waals surface area contributed by atoms with Crippen molar-refractivity contribution in [3.8, 4) is 0 Å². The maximum atomic E-state index is 11.1. The van der Waals surface area contributed by atoms with Gasteiger partial charge in [-0.25, -0.2) is 0 Å². The summed E-state index contributed by atoms with van der Waals surface area (Å²) in [6.45, 7) is 2.13. The predicted molar refractivity (Wildman–Crippen MR) is 39.4 cm³/mol. The fourth-order valence-corrected chi connectivity index (χ4v) is 1.12. The van der Waals surface area contributed by atoms with Gasteiger partial charge < -0.3 is 0 Å². The summed E-state index contributed by atoms with van der Waals surface area (Å²) in [6.07, 6.45) is 1.42. The molecule has 0 aromatic rings. The molecule has 4 heteroatoms. The second-order valence-electron chi connectivity index (χ2n) is 2.66. The number of nitrogens with zero attached hydrogens (tertiary/aromatic N) is 2. The Morgan fingerprint density at radius 2 is 2.27 bits per heavy atom. The first-order valence-electron chi connectivity index (χ1n) is 3.67. The molecule has 1 aliphatic heterocycles. The highest BCUT2D eigenvalue weighted by molar-refractivity contribution is 5.82. The van der Waals surface area contributed by atoms with Gasteiger partial charge in [0.15, 0.2) is 0 Å². The number of rotatable bonds is 1. The monoisotopic (exact) mass is 156 g/mol. The third kappa shape index (κ3) is 1.50. The van der Waals surface area contributed by atoms with E-state index in [0.717, 1.165) is 6.42 Å². The Morgan fingerprint density at radius 1 is 1.64 bits per heavy atom. The molecule has 1 rings (SSSR count). The number of hydrogen-bond acceptors (Lipinski definition) is 2. The van der Waals surface area contributed by atoms with E-state index < -0.39 is 0 Å². The number of carbonyl (C=O) groups is 2. The van der Waals surface area contributed by atoms with E-state index in [9.17, 15) is 9.59 Å². The largest absolute Gasteiger partial charge is 0.273 e. The molecule has 2 amide bonds. The Morgan fingerprint density at radius 3 is 2.64 bits per heavy atom. The van der Waals surface area contributed by atoms with Crippen molar-refractivity contribution in [2.45, 2.75) is 19.8 Å². The van der Waals surface area contributed by atoms with Crippen LogP contribution in [0.15, 0.2) is 0 Å². The van der Waals surface area contributed by atoms with E-state index in [4.69, 9.17) is 0 Å². The van der Waals surface area contributed by atoms with Crippen molar-refractivity contribution in [1.82, 2.24) is 10.0 Å². The summed E-state index contributed by atoms with van der Waals surface area (Å²) in [5.74, 6) is -0.0528. The molecule has 0 saturated carbocycles. The minimum absolute atomic E-state index is 0.0442. The summed E-state index contributed by atoms with van der Waals surface area (Å²) in [4.78, 5) is 21.9. The highest BCUT2D eigenvalue weighted by Gasteiger charge is 2.24. The first-order valence-corrected chi connectivity index (χ1v) is 3.67. The number of hydrogen-bond donors (Lipinski definition) is 0. The van der Waals surface area contributed by atoms with Crippen LogP contribution in [0.3, 0.4) is 0 Å². The number of carbonyl (C=O) groups excluding carboxylic acids is 2. The zero-order valence-electron chi connectivity index (χ0n) is 6.83. The molecule has 1 aliphatic rings. The van der Waals surface area contributed by atoms with Crippen LogP contribution in [0.25, 0.3) is 0 Å². The minimum atomic E-state index is -0.0970. The van der Waals surface area contributed by atoms with Gasteiger partial charge in [-0.2, -0.15) is 0 Å². The van der Waals surface area contributed by atoms with Gasteiger partial charge in [0.2, 0.25) is 11.8 Å². The molecule has 1 saturated heterocycles. The van der Waals surface area contributed by atoms with Crippen molar-refractivity contribution >= 4 is 11.8 Å². The molecule has 62 valence electrons. The summed E-state index contributed by atoms with van der Waals surface area (Å²) < 4.78 is 0. The van der Waals surface area contributed by atoms with E-state index in [1.54, 1.807) is 7.05 Å². The van der Waals surface area contributed by atoms with Crippen molar-refractivity contribution in [3.63, 3.8) is 0 Å². The topological polar surface area (TPSA) is 40.6 Å². The lowest BCUT2D eigenvalue weighted by atomic mass is 10.4. The lowest BCUT2D eigenvalue weighted by Crippen LogP contribution is -2.43. The molecule has 0 radical (unpaired) electrons. The maximum Gasteiger partial charge on any atom is 0.241 e. The van der Waals surface area contributed by atoms with E-state index in [-0.39, 0.29) is 11.8 Å². The average Bonchev–Trinajstić information content (AvgIpc) is 2.33. The average molecular weight is 156 g/mol. The van der Waals surface area contributed by atoms with Crippen LogP contribution in [-0.4, -0.2) is 35.4 Å². The van der Waals surface area contributed by atoms with Crippen molar-refractivity contribution in [1.29, 1.82) is 0 Å². The quantitative estimate of drug-likeness (QED) is 0.536. The molecule has 0 spiro atoms. The lowest BCUT2D eigenvalue weighted by molar-refractivity contribution is -0.155. The molecule has 0 aromatic carbocycles. The molecule has 4 nitrogen and oxygen atoms in total. The zero-order valence-corrected chi connectivity index (χ0v) is 6.83. The van der Waals surface area contributed by atoms with Crippen LogP contribution in [0.5, 0.6) is 0 Å². The Labute approximate surface area is 65.7 Å². The van der Waals surface area contributed by atoms with Crippen LogP contribution in [0, 0.1) is 0 Å². The van der Waals surface area contributed by atoms with E-state index in [0.29, 0.717) is 13.0 Å². The van der Waals surface area contributed by atoms with Gasteiger partial charge in [-0.15, -0.1) is 0 Å². The second-order valence-corrected chi connectivity index (χ2v) is 2.66. The first kappa shape index (κ1) is 8.04. The van der Waals surface area contributed by atoms with Crippen LogP contribution < -0.4 is 0 Å². The Kier molecular flexibility index (Phi) is 2.12. The van der Waals surface area contributed by atoms with Gasteiger partial charge in [-0.1, -0.05) is 0 Å². The van der Waals surface area contributed by atoms with Crippen LogP contribution >= 0.6 is 0 Å². The second kappa shape index (κ2) is 2.90. The fraction of sp³-hybridized carbons (Fsp3) is 0.714. The van der Waals surface area contributed by atoms with Gasteiger partial charge in [0.05, 0.1) is 0 Å². The molecule has 0 unspecified atom stereocenters. The van der Waals surface area contributed by atoms with E-state index in [1.807, 2.05) is 0 Å². The van der Waals surface area contributed by atoms with Crippen molar-refractivity contribution in [3.05, 3.63) is 0 Å². The molecule has 0 bridgehead atoms. The molecular weight excluding hydrogens is 144 g/mol. The van der Waals surface area contributed by atoms with Crippen LogP contribution in [0.4, 0.5) is 0 Å². The summed E-state index contributed by atoms with van der Waals surface area (Å²) >= 11 is 0. The van der Waals surface area contributed by atoms with Gasteiger partial charge in [0, 0.05) is 26.9 Å². The van der Waals surface area contributed by atoms with Crippen molar-refractivity contribution in [2.75, 3.05) is 13.6 Å². The molecule has 1 fully saturated rings. The van der Waals surface area contributed by atoms with Gasteiger partial charge in [0.1, 0.15) is 0 Å². The lowest BCUT2D eigenvalue weighted by Gasteiger charge is -2.26. The van der Waals surface area contributed by atoms with Gasteiger partial charge in [0.25, 0.3) is 0 Å². The van der Waals surface area contributed by atoms with Crippen LogP contribution in [0.2, 0.25) is 0 Å². The molecule has 1 heterocycles. The highest BCUT2D eigenvalue weighted by Crippen LogP contribution is 2.11. The number of amides is 2. The van der Waals surface area contributed by atoms with E-state index in [1.165, 1.54) is 16.9 Å². The molecule has 0 aliphatic carbocycles. The third-order valence-corrected chi connectivity index (χ3v) is 1.87. The standard InChI is InChI=1S/C7H12N2O2/c1-6(10)8(2)9-5-3-4-7(9)11/h3-5H2,1-2H3. The van der Waals surface area contributed by atoms with Crippen molar-refractivity contribution < 1.29 is 9.59 Å². The predicted octanol–water partition coefficient (Wildman–Crippen LogP) is 0.00210.